The number of methoxy groups -OCH3 is 1. The average Bonchev–Trinajstić information content (AvgIpc) is 2.90. The fraction of sp³-hybridized carbons (Fsp3) is 0.529. The smallest absolute Gasteiger partial charge is 0.408 e. The Morgan fingerprint density at radius 2 is 2.04 bits per heavy atom. The van der Waals surface area contributed by atoms with Gasteiger partial charge in [-0.3, -0.25) is 0 Å². The minimum absolute atomic E-state index is 0.0786. The molecule has 132 valence electrons. The molecule has 0 unspecified atom stereocenters. The molecule has 2 N–H and O–H groups in total. The number of aliphatic hydroxyl groups is 1. The van der Waals surface area contributed by atoms with Crippen LogP contribution in [0.1, 0.15) is 24.8 Å². The van der Waals surface area contributed by atoms with Crippen LogP contribution in [0.25, 0.3) is 0 Å². The van der Waals surface area contributed by atoms with Crippen molar-refractivity contribution in [2.45, 2.75) is 44.2 Å². The summed E-state index contributed by atoms with van der Waals surface area (Å²) in [6.07, 6.45) is -2.43. The predicted octanol–water partition coefficient (Wildman–Crippen LogP) is 1.95. The molecule has 0 aromatic heterocycles. The molecule has 0 heterocycles. The molecule has 1 aromatic carbocycles. The normalized spacial score (nSPS) is 24.2. The third-order valence-corrected chi connectivity index (χ3v) is 4.11. The van der Waals surface area contributed by atoms with Crippen molar-refractivity contribution in [3.05, 3.63) is 35.9 Å². The van der Waals surface area contributed by atoms with Crippen molar-refractivity contribution in [1.29, 1.82) is 0 Å². The van der Waals surface area contributed by atoms with E-state index in [0.717, 1.165) is 5.56 Å². The van der Waals surface area contributed by atoms with Crippen LogP contribution < -0.4 is 5.32 Å². The van der Waals surface area contributed by atoms with E-state index in [2.05, 4.69) is 10.1 Å². The van der Waals surface area contributed by atoms with Crippen LogP contribution in [0.2, 0.25) is 0 Å². The maximum absolute atomic E-state index is 13.4. The fourth-order valence-electron chi connectivity index (χ4n) is 2.85. The highest BCUT2D eigenvalue weighted by atomic mass is 19.1. The molecule has 0 saturated heterocycles. The largest absolute Gasteiger partial charge is 0.467 e. The van der Waals surface area contributed by atoms with Crippen LogP contribution in [0.5, 0.6) is 0 Å². The van der Waals surface area contributed by atoms with E-state index in [1.165, 1.54) is 7.11 Å². The van der Waals surface area contributed by atoms with Gasteiger partial charge in [-0.15, -0.1) is 0 Å². The van der Waals surface area contributed by atoms with Crippen molar-refractivity contribution in [2.75, 3.05) is 7.11 Å². The molecule has 0 bridgehead atoms. The Balaban J connectivity index is 1.86. The van der Waals surface area contributed by atoms with Gasteiger partial charge in [0.1, 0.15) is 18.8 Å². The molecule has 2 rings (SSSR count). The number of hydrogen-bond acceptors (Lipinski definition) is 5. The number of alkyl halides is 1. The zero-order chi connectivity index (χ0) is 17.5. The Kier molecular flexibility index (Phi) is 6.54. The van der Waals surface area contributed by atoms with Crippen molar-refractivity contribution in [3.8, 4) is 0 Å². The number of halogens is 1. The first-order chi connectivity index (χ1) is 11.5. The van der Waals surface area contributed by atoms with Gasteiger partial charge in [0.2, 0.25) is 0 Å². The van der Waals surface area contributed by atoms with Crippen LogP contribution in [-0.4, -0.2) is 42.6 Å². The number of alkyl carbamates (subject to hydrolysis) is 1. The summed E-state index contributed by atoms with van der Waals surface area (Å²) in [6, 6.07) is 8.20. The van der Waals surface area contributed by atoms with E-state index < -0.39 is 30.4 Å². The first-order valence-corrected chi connectivity index (χ1v) is 7.86. The van der Waals surface area contributed by atoms with Crippen LogP contribution in [-0.2, 0) is 20.9 Å². The lowest BCUT2D eigenvalue weighted by Gasteiger charge is -2.19. The predicted molar refractivity (Wildman–Crippen MR) is 83.8 cm³/mol. The topological polar surface area (TPSA) is 84.9 Å². The molecule has 0 aliphatic heterocycles. The second-order valence-electron chi connectivity index (χ2n) is 5.94. The van der Waals surface area contributed by atoms with Gasteiger partial charge in [0.05, 0.1) is 13.2 Å². The molecule has 1 fully saturated rings. The lowest BCUT2D eigenvalue weighted by atomic mass is 9.98. The van der Waals surface area contributed by atoms with E-state index in [9.17, 15) is 19.1 Å². The Morgan fingerprint density at radius 1 is 1.33 bits per heavy atom. The second kappa shape index (κ2) is 8.63. The number of carbonyl (C=O) groups excluding carboxylic acids is 2. The molecule has 6 nitrogen and oxygen atoms in total. The number of amides is 1. The van der Waals surface area contributed by atoms with Crippen molar-refractivity contribution in [2.24, 2.45) is 5.92 Å². The summed E-state index contributed by atoms with van der Waals surface area (Å²) in [4.78, 5) is 23.7. The van der Waals surface area contributed by atoms with E-state index >= 15 is 0 Å². The molecule has 0 radical (unpaired) electrons. The minimum atomic E-state index is -1.29. The third-order valence-electron chi connectivity index (χ3n) is 4.11. The molecule has 1 saturated carbocycles. The highest BCUT2D eigenvalue weighted by molar-refractivity contribution is 5.81. The molecule has 1 aromatic rings. The van der Waals surface area contributed by atoms with Crippen molar-refractivity contribution in [3.63, 3.8) is 0 Å². The number of benzene rings is 1. The molecule has 4 atom stereocenters. The van der Waals surface area contributed by atoms with E-state index in [4.69, 9.17) is 4.74 Å². The molecule has 1 aliphatic rings. The van der Waals surface area contributed by atoms with Crippen LogP contribution in [0.15, 0.2) is 30.3 Å². The number of rotatable bonds is 6. The lowest BCUT2D eigenvalue weighted by Crippen LogP contribution is -2.42. The van der Waals surface area contributed by atoms with Gasteiger partial charge in [-0.2, -0.15) is 0 Å². The standard InChI is InChI=1S/C17H22FNO5/c1-23-16(21)14(8-12-7-13(18)15(20)9-12)19-17(22)24-10-11-5-3-2-4-6-11/h2-6,12-15,20H,7-10H2,1H3,(H,19,22)/t12-,13-,14+,15-/m1/s1. The number of hydrogen-bond donors (Lipinski definition) is 2. The summed E-state index contributed by atoms with van der Waals surface area (Å²) < 4.78 is 23.1. The Hall–Kier alpha value is -2.15. The maximum atomic E-state index is 13.4. The first-order valence-electron chi connectivity index (χ1n) is 7.86. The quantitative estimate of drug-likeness (QED) is 0.774. The van der Waals surface area contributed by atoms with Gasteiger partial charge in [-0.05, 0) is 30.7 Å². The van der Waals surface area contributed by atoms with Crippen molar-refractivity contribution >= 4 is 12.1 Å². The molecular weight excluding hydrogens is 317 g/mol. The van der Waals surface area contributed by atoms with Crippen LogP contribution in [0, 0.1) is 5.92 Å². The number of nitrogens with one attached hydrogen (secondary N) is 1. The van der Waals surface area contributed by atoms with Crippen LogP contribution in [0.3, 0.4) is 0 Å². The summed E-state index contributed by atoms with van der Waals surface area (Å²) in [5, 5.41) is 11.9. The van der Waals surface area contributed by atoms with E-state index in [1.54, 1.807) is 0 Å². The Morgan fingerprint density at radius 3 is 2.62 bits per heavy atom. The second-order valence-corrected chi connectivity index (χ2v) is 5.94. The highest BCUT2D eigenvalue weighted by Crippen LogP contribution is 2.31. The first kappa shape index (κ1) is 18.2. The van der Waals surface area contributed by atoms with Gasteiger partial charge in [0, 0.05) is 0 Å². The zero-order valence-electron chi connectivity index (χ0n) is 13.5. The van der Waals surface area contributed by atoms with Crippen molar-refractivity contribution in [1.82, 2.24) is 5.32 Å². The molecule has 0 spiro atoms. The summed E-state index contributed by atoms with van der Waals surface area (Å²) in [5.41, 5.74) is 0.821. The average molecular weight is 339 g/mol. The van der Waals surface area contributed by atoms with Gasteiger partial charge < -0.3 is 19.9 Å². The number of ether oxygens (including phenoxy) is 2. The maximum Gasteiger partial charge on any atom is 0.408 e. The van der Waals surface area contributed by atoms with Gasteiger partial charge >= 0.3 is 12.1 Å². The van der Waals surface area contributed by atoms with E-state index in [0.29, 0.717) is 0 Å². The molecule has 24 heavy (non-hydrogen) atoms. The summed E-state index contributed by atoms with van der Waals surface area (Å²) in [5.74, 6) is -0.822. The van der Waals surface area contributed by atoms with Crippen LogP contribution >= 0.6 is 0 Å². The van der Waals surface area contributed by atoms with Crippen LogP contribution in [0.4, 0.5) is 9.18 Å². The fourth-order valence-corrected chi connectivity index (χ4v) is 2.85. The van der Waals surface area contributed by atoms with Gasteiger partial charge in [-0.25, -0.2) is 14.0 Å². The molecule has 1 amide bonds. The summed E-state index contributed by atoms with van der Waals surface area (Å²) >= 11 is 0. The van der Waals surface area contributed by atoms with Crippen molar-refractivity contribution < 1.29 is 28.6 Å². The SMILES string of the molecule is COC(=O)[C@H](C[C@@H]1C[C@@H](O)[C@H](F)C1)NC(=O)OCc1ccccc1. The van der Waals surface area contributed by atoms with E-state index in [-0.39, 0.29) is 31.8 Å². The Labute approximate surface area is 139 Å². The summed E-state index contributed by atoms with van der Waals surface area (Å²) in [6.45, 7) is 0.0786. The monoisotopic (exact) mass is 339 g/mol. The zero-order valence-corrected chi connectivity index (χ0v) is 13.5. The molecular formula is C17H22FNO5. The molecule has 7 heteroatoms. The third kappa shape index (κ3) is 5.19. The molecule has 1 aliphatic carbocycles. The minimum Gasteiger partial charge on any atom is -0.467 e. The van der Waals surface area contributed by atoms with Gasteiger partial charge in [-0.1, -0.05) is 30.3 Å². The number of aliphatic hydroxyl groups excluding tert-OH is 1. The van der Waals surface area contributed by atoms with E-state index in [1.807, 2.05) is 30.3 Å². The number of carbonyl (C=O) groups is 2. The van der Waals surface area contributed by atoms with Gasteiger partial charge in [0.25, 0.3) is 0 Å². The lowest BCUT2D eigenvalue weighted by molar-refractivity contribution is -0.143. The van der Waals surface area contributed by atoms with Gasteiger partial charge in [0.15, 0.2) is 0 Å². The Bertz CT molecular complexity index is 543. The number of esters is 1. The highest BCUT2D eigenvalue weighted by Gasteiger charge is 2.36. The summed E-state index contributed by atoms with van der Waals surface area (Å²) in [7, 11) is 1.22.